The van der Waals surface area contributed by atoms with Crippen molar-refractivity contribution in [2.24, 2.45) is 0 Å². The molecule has 0 fully saturated rings. The quantitative estimate of drug-likeness (QED) is 0.627. The van der Waals surface area contributed by atoms with Gasteiger partial charge >= 0.3 is 0 Å². The Morgan fingerprint density at radius 1 is 1.20 bits per heavy atom. The van der Waals surface area contributed by atoms with Crippen molar-refractivity contribution in [2.45, 2.75) is 0 Å². The monoisotopic (exact) mass is 271 g/mol. The lowest BCUT2D eigenvalue weighted by Gasteiger charge is -2.03. The topological polar surface area (TPSA) is 78.0 Å². The van der Waals surface area contributed by atoms with E-state index in [9.17, 15) is 14.3 Å². The summed E-state index contributed by atoms with van der Waals surface area (Å²) >= 11 is 0. The van der Waals surface area contributed by atoms with Crippen molar-refractivity contribution in [2.75, 3.05) is 5.32 Å². The third-order valence-electron chi connectivity index (χ3n) is 2.89. The molecule has 3 rings (SSSR count). The number of nitrogens with zero attached hydrogens (tertiary/aromatic N) is 1. The van der Waals surface area contributed by atoms with Crippen molar-refractivity contribution in [1.82, 2.24) is 10.2 Å². The molecule has 3 N–H and O–H groups in total. The van der Waals surface area contributed by atoms with Crippen molar-refractivity contribution in [3.8, 4) is 5.75 Å². The second-order valence-corrected chi connectivity index (χ2v) is 4.24. The summed E-state index contributed by atoms with van der Waals surface area (Å²) in [6.45, 7) is 0. The van der Waals surface area contributed by atoms with Crippen molar-refractivity contribution in [3.63, 3.8) is 0 Å². The number of para-hydroxylation sites is 1. The van der Waals surface area contributed by atoms with E-state index in [1.54, 1.807) is 18.2 Å². The molecule has 0 aliphatic heterocycles. The number of aromatic amines is 1. The smallest absolute Gasteiger partial charge is 0.274 e. The molecule has 1 aromatic heterocycles. The van der Waals surface area contributed by atoms with Crippen LogP contribution in [0.5, 0.6) is 5.75 Å². The first kappa shape index (κ1) is 12.2. The number of anilines is 1. The largest absolute Gasteiger partial charge is 0.508 e. The van der Waals surface area contributed by atoms with E-state index in [4.69, 9.17) is 0 Å². The SMILES string of the molecule is O=C(Nc1ccc(O)cc1)c1[nH]nc2c(F)cccc12. The Morgan fingerprint density at radius 3 is 2.70 bits per heavy atom. The van der Waals surface area contributed by atoms with Crippen LogP contribution in [0.3, 0.4) is 0 Å². The zero-order valence-electron chi connectivity index (χ0n) is 10.2. The molecule has 20 heavy (non-hydrogen) atoms. The molecule has 0 bridgehead atoms. The number of carbonyl (C=O) groups is 1. The molecule has 1 heterocycles. The first-order valence-corrected chi connectivity index (χ1v) is 5.88. The van der Waals surface area contributed by atoms with Crippen LogP contribution in [0.1, 0.15) is 10.5 Å². The zero-order valence-corrected chi connectivity index (χ0v) is 10.2. The number of phenolic OH excluding ortho intramolecular Hbond substituents is 1. The second-order valence-electron chi connectivity index (χ2n) is 4.24. The van der Waals surface area contributed by atoms with Gasteiger partial charge in [-0.15, -0.1) is 0 Å². The number of H-pyrrole nitrogens is 1. The summed E-state index contributed by atoms with van der Waals surface area (Å²) in [4.78, 5) is 12.1. The maximum Gasteiger partial charge on any atom is 0.274 e. The van der Waals surface area contributed by atoms with Crippen molar-refractivity contribution in [3.05, 3.63) is 54.0 Å². The second kappa shape index (κ2) is 4.65. The summed E-state index contributed by atoms with van der Waals surface area (Å²) in [7, 11) is 0. The van der Waals surface area contributed by atoms with E-state index >= 15 is 0 Å². The van der Waals surface area contributed by atoms with Gasteiger partial charge in [-0.1, -0.05) is 12.1 Å². The Hall–Kier alpha value is -2.89. The molecular formula is C14H10FN3O2. The number of hydrogen-bond acceptors (Lipinski definition) is 3. The highest BCUT2D eigenvalue weighted by molar-refractivity contribution is 6.11. The number of nitrogens with one attached hydrogen (secondary N) is 2. The number of aromatic hydroxyl groups is 1. The molecule has 0 aliphatic carbocycles. The lowest BCUT2D eigenvalue weighted by atomic mass is 10.2. The van der Waals surface area contributed by atoms with Gasteiger partial charge in [-0.2, -0.15) is 5.10 Å². The molecule has 0 aliphatic rings. The number of benzene rings is 2. The number of halogens is 1. The minimum absolute atomic E-state index is 0.108. The summed E-state index contributed by atoms with van der Waals surface area (Å²) in [6.07, 6.45) is 0. The fourth-order valence-electron chi connectivity index (χ4n) is 1.91. The van der Waals surface area contributed by atoms with Crippen LogP contribution in [0.4, 0.5) is 10.1 Å². The Labute approximate surface area is 113 Å². The Morgan fingerprint density at radius 2 is 1.95 bits per heavy atom. The van der Waals surface area contributed by atoms with Crippen LogP contribution in [0.25, 0.3) is 10.9 Å². The van der Waals surface area contributed by atoms with Gasteiger partial charge in [-0.3, -0.25) is 9.89 Å². The van der Waals surface area contributed by atoms with Crippen LogP contribution in [0, 0.1) is 5.82 Å². The minimum atomic E-state index is -0.484. The fraction of sp³-hybridized carbons (Fsp3) is 0. The van der Waals surface area contributed by atoms with Gasteiger partial charge in [0.1, 0.15) is 17.0 Å². The number of fused-ring (bicyclic) bond motifs is 1. The Kier molecular flexibility index (Phi) is 2.83. The van der Waals surface area contributed by atoms with Gasteiger partial charge in [0.2, 0.25) is 0 Å². The third-order valence-corrected chi connectivity index (χ3v) is 2.89. The summed E-state index contributed by atoms with van der Waals surface area (Å²) in [5.74, 6) is -0.803. The van der Waals surface area contributed by atoms with Crippen LogP contribution in [0.15, 0.2) is 42.5 Å². The standard InChI is InChI=1S/C14H10FN3O2/c15-11-3-1-2-10-12(11)17-18-13(10)14(20)16-8-4-6-9(19)7-5-8/h1-7,19H,(H,16,20)(H,17,18). The summed E-state index contributed by atoms with van der Waals surface area (Å²) in [5, 5.41) is 18.6. The molecule has 0 radical (unpaired) electrons. The van der Waals surface area contributed by atoms with Gasteiger partial charge in [0.15, 0.2) is 5.82 Å². The highest BCUT2D eigenvalue weighted by atomic mass is 19.1. The zero-order chi connectivity index (χ0) is 14.1. The molecule has 6 heteroatoms. The molecule has 0 unspecified atom stereocenters. The number of carbonyl (C=O) groups excluding carboxylic acids is 1. The first-order valence-electron chi connectivity index (χ1n) is 5.88. The average Bonchev–Trinajstić information content (AvgIpc) is 2.87. The molecule has 0 saturated carbocycles. The number of rotatable bonds is 2. The number of amides is 1. The van der Waals surface area contributed by atoms with Gasteiger partial charge in [0.05, 0.1) is 0 Å². The maximum atomic E-state index is 13.5. The summed E-state index contributed by atoms with van der Waals surface area (Å²) < 4.78 is 13.5. The van der Waals surface area contributed by atoms with E-state index < -0.39 is 11.7 Å². The van der Waals surface area contributed by atoms with Crippen LogP contribution < -0.4 is 5.32 Å². The van der Waals surface area contributed by atoms with Gasteiger partial charge in [0.25, 0.3) is 5.91 Å². The highest BCUT2D eigenvalue weighted by Gasteiger charge is 2.15. The summed E-state index contributed by atoms with van der Waals surface area (Å²) in [5.41, 5.74) is 0.836. The predicted molar refractivity (Wildman–Crippen MR) is 72.1 cm³/mol. The first-order chi connectivity index (χ1) is 9.65. The van der Waals surface area contributed by atoms with Gasteiger partial charge in [-0.25, -0.2) is 4.39 Å². The minimum Gasteiger partial charge on any atom is -0.508 e. The van der Waals surface area contributed by atoms with Crippen molar-refractivity contribution < 1.29 is 14.3 Å². The Bertz CT molecular complexity index is 781. The van der Waals surface area contributed by atoms with E-state index in [1.807, 2.05) is 0 Å². The van der Waals surface area contributed by atoms with Crippen LogP contribution in [-0.4, -0.2) is 21.2 Å². The molecular weight excluding hydrogens is 261 g/mol. The molecule has 100 valence electrons. The van der Waals surface area contributed by atoms with Gasteiger partial charge in [0, 0.05) is 11.1 Å². The summed E-state index contributed by atoms with van der Waals surface area (Å²) in [6, 6.07) is 10.5. The molecule has 0 spiro atoms. The van der Waals surface area contributed by atoms with Crippen molar-refractivity contribution in [1.29, 1.82) is 0 Å². The predicted octanol–water partition coefficient (Wildman–Crippen LogP) is 2.66. The molecule has 0 atom stereocenters. The van der Waals surface area contributed by atoms with Crippen LogP contribution in [0.2, 0.25) is 0 Å². The maximum absolute atomic E-state index is 13.5. The van der Waals surface area contributed by atoms with E-state index in [2.05, 4.69) is 15.5 Å². The number of aromatic nitrogens is 2. The lowest BCUT2D eigenvalue weighted by molar-refractivity contribution is 0.102. The van der Waals surface area contributed by atoms with Crippen molar-refractivity contribution >= 4 is 22.5 Å². The highest BCUT2D eigenvalue weighted by Crippen LogP contribution is 2.20. The van der Waals surface area contributed by atoms with Gasteiger partial charge < -0.3 is 10.4 Å². The molecule has 5 nitrogen and oxygen atoms in total. The molecule has 2 aromatic carbocycles. The molecule has 3 aromatic rings. The van der Waals surface area contributed by atoms with Crippen LogP contribution >= 0.6 is 0 Å². The van der Waals surface area contributed by atoms with E-state index in [-0.39, 0.29) is 17.0 Å². The van der Waals surface area contributed by atoms with E-state index in [0.29, 0.717) is 11.1 Å². The van der Waals surface area contributed by atoms with E-state index in [1.165, 1.54) is 24.3 Å². The lowest BCUT2D eigenvalue weighted by Crippen LogP contribution is -2.12. The van der Waals surface area contributed by atoms with Crippen LogP contribution in [-0.2, 0) is 0 Å². The average molecular weight is 271 g/mol. The third kappa shape index (κ3) is 2.07. The normalized spacial score (nSPS) is 10.7. The molecule has 1 amide bonds. The van der Waals surface area contributed by atoms with E-state index in [0.717, 1.165) is 0 Å². The van der Waals surface area contributed by atoms with Gasteiger partial charge in [-0.05, 0) is 30.3 Å². The number of hydrogen-bond donors (Lipinski definition) is 3. The fourth-order valence-corrected chi connectivity index (χ4v) is 1.91. The Balaban J connectivity index is 1.93. The molecule has 0 saturated heterocycles. The number of phenols is 1.